The van der Waals surface area contributed by atoms with Crippen LogP contribution in [0.4, 0.5) is 5.69 Å². The van der Waals surface area contributed by atoms with Gasteiger partial charge in [0.2, 0.25) is 0 Å². The number of sulfonamides is 1. The van der Waals surface area contributed by atoms with Gasteiger partial charge in [0.05, 0.1) is 16.5 Å². The highest BCUT2D eigenvalue weighted by atomic mass is 32.2. The van der Waals surface area contributed by atoms with Crippen molar-refractivity contribution in [2.45, 2.75) is 11.8 Å². The molecule has 0 bridgehead atoms. The summed E-state index contributed by atoms with van der Waals surface area (Å²) in [6.45, 7) is 1.44. The van der Waals surface area contributed by atoms with Crippen LogP contribution in [-0.4, -0.2) is 14.2 Å². The molecule has 0 aromatic heterocycles. The van der Waals surface area contributed by atoms with Crippen LogP contribution >= 0.6 is 0 Å². The van der Waals surface area contributed by atoms with Crippen LogP contribution < -0.4 is 4.72 Å². The number of carbonyl (C=O) groups excluding carboxylic acids is 1. The number of anilines is 1. The van der Waals surface area contributed by atoms with Crippen LogP contribution in [0.15, 0.2) is 53.4 Å². The van der Waals surface area contributed by atoms with Crippen molar-refractivity contribution in [2.24, 2.45) is 0 Å². The maximum atomic E-state index is 12.2. The second-order valence-electron chi connectivity index (χ2n) is 4.38. The lowest BCUT2D eigenvalue weighted by Crippen LogP contribution is -2.13. The molecule has 0 aliphatic carbocycles. The third kappa shape index (κ3) is 3.46. The lowest BCUT2D eigenvalue weighted by Gasteiger charge is -2.08. The lowest BCUT2D eigenvalue weighted by molar-refractivity contribution is 0.101. The van der Waals surface area contributed by atoms with Crippen LogP contribution in [0.25, 0.3) is 0 Å². The van der Waals surface area contributed by atoms with Gasteiger partial charge in [0.25, 0.3) is 10.0 Å². The monoisotopic (exact) mass is 300 g/mol. The Morgan fingerprint density at radius 2 is 1.62 bits per heavy atom. The third-order valence-electron chi connectivity index (χ3n) is 2.84. The number of hydrogen-bond donors (Lipinski definition) is 1. The standard InChI is InChI=1S/C15H12N2O3S/c1-11(18)13-4-6-14(7-5-13)17-21(19,20)15-8-2-12(10-16)3-9-15/h2-9,17H,1H3. The summed E-state index contributed by atoms with van der Waals surface area (Å²) in [5, 5.41) is 8.69. The summed E-state index contributed by atoms with van der Waals surface area (Å²) in [5.74, 6) is -0.0866. The fourth-order valence-corrected chi connectivity index (χ4v) is 2.75. The van der Waals surface area contributed by atoms with Gasteiger partial charge in [0.1, 0.15) is 0 Å². The van der Waals surface area contributed by atoms with Gasteiger partial charge in [-0.15, -0.1) is 0 Å². The Morgan fingerprint density at radius 3 is 2.10 bits per heavy atom. The van der Waals surface area contributed by atoms with Gasteiger partial charge >= 0.3 is 0 Å². The van der Waals surface area contributed by atoms with E-state index in [-0.39, 0.29) is 10.7 Å². The number of nitrogens with zero attached hydrogens (tertiary/aromatic N) is 1. The van der Waals surface area contributed by atoms with Crippen molar-refractivity contribution in [3.05, 3.63) is 59.7 Å². The second kappa shape index (κ2) is 5.77. The van der Waals surface area contributed by atoms with Crippen molar-refractivity contribution in [1.82, 2.24) is 0 Å². The zero-order valence-corrected chi connectivity index (χ0v) is 12.0. The predicted molar refractivity (Wildman–Crippen MR) is 78.4 cm³/mol. The van der Waals surface area contributed by atoms with Crippen molar-refractivity contribution in [3.63, 3.8) is 0 Å². The van der Waals surface area contributed by atoms with Gasteiger partial charge in [-0.25, -0.2) is 8.42 Å². The Kier molecular flexibility index (Phi) is 4.05. The van der Waals surface area contributed by atoms with Gasteiger partial charge in [-0.3, -0.25) is 9.52 Å². The molecule has 21 heavy (non-hydrogen) atoms. The van der Waals surface area contributed by atoms with Gasteiger partial charge < -0.3 is 0 Å². The third-order valence-corrected chi connectivity index (χ3v) is 4.23. The molecule has 0 atom stereocenters. The topological polar surface area (TPSA) is 87.0 Å². The van der Waals surface area contributed by atoms with Gasteiger partial charge in [-0.05, 0) is 55.5 Å². The van der Waals surface area contributed by atoms with Gasteiger partial charge in [0.15, 0.2) is 5.78 Å². The van der Waals surface area contributed by atoms with Crippen LogP contribution in [-0.2, 0) is 10.0 Å². The molecule has 106 valence electrons. The Bertz CT molecular complexity index is 801. The van der Waals surface area contributed by atoms with Crippen LogP contribution in [0.2, 0.25) is 0 Å². The van der Waals surface area contributed by atoms with Crippen LogP contribution in [0.5, 0.6) is 0 Å². The normalized spacial score (nSPS) is 10.7. The Balaban J connectivity index is 2.24. The van der Waals surface area contributed by atoms with E-state index in [0.717, 1.165) is 0 Å². The van der Waals surface area contributed by atoms with E-state index in [2.05, 4.69) is 4.72 Å². The lowest BCUT2D eigenvalue weighted by atomic mass is 10.1. The van der Waals surface area contributed by atoms with Crippen molar-refractivity contribution in [1.29, 1.82) is 5.26 Å². The van der Waals surface area contributed by atoms with Gasteiger partial charge in [-0.2, -0.15) is 5.26 Å². The largest absolute Gasteiger partial charge is 0.295 e. The number of rotatable bonds is 4. The summed E-state index contributed by atoms with van der Waals surface area (Å²) >= 11 is 0. The smallest absolute Gasteiger partial charge is 0.261 e. The number of benzene rings is 2. The quantitative estimate of drug-likeness (QED) is 0.879. The summed E-state index contributed by atoms with van der Waals surface area (Å²) < 4.78 is 26.7. The number of Topliss-reactive ketones (excluding diaryl/α,β-unsaturated/α-hetero) is 1. The molecule has 0 unspecified atom stereocenters. The van der Waals surface area contributed by atoms with E-state index >= 15 is 0 Å². The van der Waals surface area contributed by atoms with E-state index < -0.39 is 10.0 Å². The average Bonchev–Trinajstić information content (AvgIpc) is 2.47. The molecular formula is C15H12N2O3S. The van der Waals surface area contributed by atoms with E-state index in [1.165, 1.54) is 43.3 Å². The fraction of sp³-hybridized carbons (Fsp3) is 0.0667. The maximum Gasteiger partial charge on any atom is 0.261 e. The molecule has 0 spiro atoms. The molecule has 0 aliphatic rings. The second-order valence-corrected chi connectivity index (χ2v) is 6.06. The van der Waals surface area contributed by atoms with Gasteiger partial charge in [-0.1, -0.05) is 0 Å². The molecule has 0 saturated carbocycles. The van der Waals surface area contributed by atoms with Crippen LogP contribution in [0, 0.1) is 11.3 Å². The van der Waals surface area contributed by atoms with Crippen LogP contribution in [0.3, 0.4) is 0 Å². The molecule has 2 rings (SSSR count). The number of nitriles is 1. The molecule has 6 heteroatoms. The minimum atomic E-state index is -3.72. The summed E-state index contributed by atoms with van der Waals surface area (Å²) in [5.41, 5.74) is 1.26. The Labute approximate surface area is 122 Å². The molecule has 0 heterocycles. The maximum absolute atomic E-state index is 12.2. The summed E-state index contributed by atoms with van der Waals surface area (Å²) in [6.07, 6.45) is 0. The van der Waals surface area contributed by atoms with E-state index in [4.69, 9.17) is 5.26 Å². The molecule has 0 amide bonds. The summed E-state index contributed by atoms with van der Waals surface area (Å²) in [4.78, 5) is 11.2. The molecule has 0 saturated heterocycles. The first-order valence-corrected chi connectivity index (χ1v) is 7.55. The molecule has 5 nitrogen and oxygen atoms in total. The highest BCUT2D eigenvalue weighted by molar-refractivity contribution is 7.92. The first kappa shape index (κ1) is 14.8. The first-order chi connectivity index (χ1) is 9.92. The molecule has 2 aromatic carbocycles. The summed E-state index contributed by atoms with van der Waals surface area (Å²) in [6, 6.07) is 13.7. The highest BCUT2D eigenvalue weighted by Crippen LogP contribution is 2.17. The summed E-state index contributed by atoms with van der Waals surface area (Å²) in [7, 11) is -3.72. The fourth-order valence-electron chi connectivity index (χ4n) is 1.70. The van der Waals surface area contributed by atoms with E-state index in [9.17, 15) is 13.2 Å². The molecule has 2 aromatic rings. The van der Waals surface area contributed by atoms with Crippen LogP contribution in [0.1, 0.15) is 22.8 Å². The predicted octanol–water partition coefficient (Wildman–Crippen LogP) is 2.56. The van der Waals surface area contributed by atoms with Crippen molar-refractivity contribution < 1.29 is 13.2 Å². The number of ketones is 1. The molecule has 0 radical (unpaired) electrons. The van der Waals surface area contributed by atoms with Crippen molar-refractivity contribution in [3.8, 4) is 6.07 Å². The minimum Gasteiger partial charge on any atom is -0.295 e. The average molecular weight is 300 g/mol. The Morgan fingerprint density at radius 1 is 1.05 bits per heavy atom. The zero-order chi connectivity index (χ0) is 15.5. The number of hydrogen-bond acceptors (Lipinski definition) is 4. The van der Waals surface area contributed by atoms with E-state index in [1.807, 2.05) is 6.07 Å². The molecule has 0 aliphatic heterocycles. The van der Waals surface area contributed by atoms with E-state index in [1.54, 1.807) is 12.1 Å². The molecular weight excluding hydrogens is 288 g/mol. The number of nitrogens with one attached hydrogen (secondary N) is 1. The minimum absolute atomic E-state index is 0.0668. The SMILES string of the molecule is CC(=O)c1ccc(NS(=O)(=O)c2ccc(C#N)cc2)cc1. The number of carbonyl (C=O) groups is 1. The first-order valence-electron chi connectivity index (χ1n) is 6.06. The molecule has 0 fully saturated rings. The molecule has 1 N–H and O–H groups in total. The Hall–Kier alpha value is -2.65. The zero-order valence-electron chi connectivity index (χ0n) is 11.2. The van der Waals surface area contributed by atoms with Crippen molar-refractivity contribution >= 4 is 21.5 Å². The highest BCUT2D eigenvalue weighted by Gasteiger charge is 2.14. The van der Waals surface area contributed by atoms with Crippen molar-refractivity contribution in [2.75, 3.05) is 4.72 Å². The van der Waals surface area contributed by atoms with E-state index in [0.29, 0.717) is 16.8 Å². The van der Waals surface area contributed by atoms with Gasteiger partial charge in [0, 0.05) is 11.3 Å².